The maximum atomic E-state index is 9.43. The average molecular weight is 251 g/mol. The van der Waals surface area contributed by atoms with Crippen LogP contribution in [-0.2, 0) is 6.54 Å². The Hall–Kier alpha value is -0.860. The van der Waals surface area contributed by atoms with Gasteiger partial charge in [-0.1, -0.05) is 11.8 Å². The summed E-state index contributed by atoms with van der Waals surface area (Å²) >= 11 is 1.71. The summed E-state index contributed by atoms with van der Waals surface area (Å²) in [6, 6.07) is 2.08. The maximum Gasteiger partial charge on any atom is 0.104 e. The number of nitrogens with zero attached hydrogens (tertiary/aromatic N) is 1. The fourth-order valence-corrected chi connectivity index (χ4v) is 2.83. The molecule has 4 heteroatoms. The molecule has 3 nitrogen and oxygen atoms in total. The fourth-order valence-electron chi connectivity index (χ4n) is 1.97. The Balaban J connectivity index is 1.88. The lowest BCUT2D eigenvalue weighted by atomic mass is 10.1. The van der Waals surface area contributed by atoms with E-state index >= 15 is 0 Å². The van der Waals surface area contributed by atoms with Crippen molar-refractivity contribution in [3.63, 3.8) is 0 Å². The van der Waals surface area contributed by atoms with Crippen LogP contribution >= 0.6 is 11.3 Å². The maximum absolute atomic E-state index is 9.43. The standard InChI is InChI=1S/C13H17NO2S/c15-7-1-2-11-8-13(17-10-11)9-14-5-3-12(16)4-6-14/h8,10,12,15-16H,3-7,9H2. The van der Waals surface area contributed by atoms with Crippen LogP contribution in [-0.4, -0.2) is 40.9 Å². The van der Waals surface area contributed by atoms with Gasteiger partial charge < -0.3 is 10.2 Å². The molecule has 0 saturated carbocycles. The molecule has 0 amide bonds. The molecular formula is C13H17NO2S. The summed E-state index contributed by atoms with van der Waals surface area (Å²) in [5, 5.41) is 20.1. The van der Waals surface area contributed by atoms with Crippen LogP contribution in [0.2, 0.25) is 0 Å². The lowest BCUT2D eigenvalue weighted by molar-refractivity contribution is 0.0797. The number of piperidine rings is 1. The quantitative estimate of drug-likeness (QED) is 0.772. The third-order valence-corrected chi connectivity index (χ3v) is 3.82. The summed E-state index contributed by atoms with van der Waals surface area (Å²) in [5.74, 6) is 5.56. The van der Waals surface area contributed by atoms with E-state index in [0.717, 1.165) is 38.0 Å². The Morgan fingerprint density at radius 1 is 1.41 bits per heavy atom. The van der Waals surface area contributed by atoms with Crippen LogP contribution in [0.15, 0.2) is 11.4 Å². The molecule has 0 bridgehead atoms. The summed E-state index contributed by atoms with van der Waals surface area (Å²) in [6.45, 7) is 2.79. The highest BCUT2D eigenvalue weighted by Crippen LogP contribution is 2.19. The summed E-state index contributed by atoms with van der Waals surface area (Å²) in [4.78, 5) is 3.66. The van der Waals surface area contributed by atoms with E-state index in [2.05, 4.69) is 22.8 Å². The van der Waals surface area contributed by atoms with Crippen LogP contribution in [0.25, 0.3) is 0 Å². The first kappa shape index (κ1) is 12.6. The third kappa shape index (κ3) is 3.83. The van der Waals surface area contributed by atoms with Gasteiger partial charge in [-0.3, -0.25) is 4.90 Å². The predicted molar refractivity (Wildman–Crippen MR) is 68.8 cm³/mol. The van der Waals surface area contributed by atoms with Crippen molar-refractivity contribution in [1.82, 2.24) is 4.90 Å². The molecule has 1 aromatic heterocycles. The molecule has 92 valence electrons. The van der Waals surface area contributed by atoms with Gasteiger partial charge in [-0.2, -0.15) is 0 Å². The minimum absolute atomic E-state index is 0.0881. The predicted octanol–water partition coefficient (Wildman–Crippen LogP) is 1.05. The number of thiophene rings is 1. The molecule has 1 aliphatic heterocycles. The Kier molecular flexibility index (Phi) is 4.57. The monoisotopic (exact) mass is 251 g/mol. The first-order valence-corrected chi connectivity index (χ1v) is 6.73. The van der Waals surface area contributed by atoms with Gasteiger partial charge >= 0.3 is 0 Å². The third-order valence-electron chi connectivity index (χ3n) is 2.90. The van der Waals surface area contributed by atoms with E-state index in [-0.39, 0.29) is 12.7 Å². The van der Waals surface area contributed by atoms with E-state index in [1.165, 1.54) is 4.88 Å². The van der Waals surface area contributed by atoms with Gasteiger partial charge in [0.15, 0.2) is 0 Å². The zero-order valence-electron chi connectivity index (χ0n) is 9.72. The van der Waals surface area contributed by atoms with Crippen molar-refractivity contribution in [2.75, 3.05) is 19.7 Å². The topological polar surface area (TPSA) is 43.7 Å². The lowest BCUT2D eigenvalue weighted by Crippen LogP contribution is -2.35. The second kappa shape index (κ2) is 6.18. The molecule has 2 N–H and O–H groups in total. The Labute approximate surface area is 106 Å². The van der Waals surface area contributed by atoms with E-state index < -0.39 is 0 Å². The van der Waals surface area contributed by atoms with Crippen molar-refractivity contribution in [1.29, 1.82) is 0 Å². The van der Waals surface area contributed by atoms with Crippen molar-refractivity contribution in [2.45, 2.75) is 25.5 Å². The summed E-state index contributed by atoms with van der Waals surface area (Å²) < 4.78 is 0. The normalized spacial score (nSPS) is 17.8. The van der Waals surface area contributed by atoms with Crippen molar-refractivity contribution in [3.8, 4) is 11.8 Å². The zero-order valence-corrected chi connectivity index (χ0v) is 10.5. The number of hydrogen-bond acceptors (Lipinski definition) is 4. The summed E-state index contributed by atoms with van der Waals surface area (Å²) in [7, 11) is 0. The van der Waals surface area contributed by atoms with E-state index in [0.29, 0.717) is 0 Å². The van der Waals surface area contributed by atoms with Crippen molar-refractivity contribution >= 4 is 11.3 Å². The van der Waals surface area contributed by atoms with Crippen molar-refractivity contribution in [3.05, 3.63) is 21.9 Å². The average Bonchev–Trinajstić information content (AvgIpc) is 2.77. The fraction of sp³-hybridized carbons (Fsp3) is 0.538. The minimum Gasteiger partial charge on any atom is -0.393 e. The summed E-state index contributed by atoms with van der Waals surface area (Å²) in [6.07, 6.45) is 1.64. The molecule has 1 aromatic rings. The first-order chi connectivity index (χ1) is 8.28. The molecule has 17 heavy (non-hydrogen) atoms. The Bertz CT molecular complexity index is 411. The van der Waals surface area contributed by atoms with Gasteiger partial charge in [0.1, 0.15) is 6.61 Å². The molecule has 0 unspecified atom stereocenters. The SMILES string of the molecule is OCC#Cc1csc(CN2CCC(O)CC2)c1. The van der Waals surface area contributed by atoms with Crippen LogP contribution in [0.1, 0.15) is 23.3 Å². The molecule has 0 atom stereocenters. The van der Waals surface area contributed by atoms with E-state index in [1.54, 1.807) is 11.3 Å². The largest absolute Gasteiger partial charge is 0.393 e. The first-order valence-electron chi connectivity index (χ1n) is 5.85. The molecule has 2 heterocycles. The molecule has 0 radical (unpaired) electrons. The van der Waals surface area contributed by atoms with Crippen molar-refractivity contribution in [2.24, 2.45) is 0 Å². The van der Waals surface area contributed by atoms with E-state index in [9.17, 15) is 5.11 Å². The molecule has 0 spiro atoms. The van der Waals surface area contributed by atoms with Crippen LogP contribution < -0.4 is 0 Å². The Morgan fingerprint density at radius 2 is 2.18 bits per heavy atom. The Morgan fingerprint density at radius 3 is 2.88 bits per heavy atom. The number of hydrogen-bond donors (Lipinski definition) is 2. The lowest BCUT2D eigenvalue weighted by Gasteiger charge is -2.28. The van der Waals surface area contributed by atoms with E-state index in [1.807, 2.05) is 5.38 Å². The zero-order chi connectivity index (χ0) is 12.1. The van der Waals surface area contributed by atoms with Crippen molar-refractivity contribution < 1.29 is 10.2 Å². The molecule has 0 aromatic carbocycles. The number of aliphatic hydroxyl groups is 2. The van der Waals surface area contributed by atoms with Gasteiger partial charge in [-0.25, -0.2) is 0 Å². The van der Waals surface area contributed by atoms with Gasteiger partial charge in [0.05, 0.1) is 6.10 Å². The molecule has 0 aliphatic carbocycles. The van der Waals surface area contributed by atoms with Crippen LogP contribution in [0.4, 0.5) is 0 Å². The second-order valence-electron chi connectivity index (χ2n) is 4.27. The number of aliphatic hydroxyl groups excluding tert-OH is 2. The highest BCUT2D eigenvalue weighted by molar-refractivity contribution is 7.10. The van der Waals surface area contributed by atoms with Crippen LogP contribution in [0, 0.1) is 11.8 Å². The smallest absolute Gasteiger partial charge is 0.104 e. The number of likely N-dealkylation sites (tertiary alicyclic amines) is 1. The minimum atomic E-state index is -0.111. The van der Waals surface area contributed by atoms with Crippen LogP contribution in [0.3, 0.4) is 0 Å². The highest BCUT2D eigenvalue weighted by atomic mass is 32.1. The molecule has 1 fully saturated rings. The van der Waals surface area contributed by atoms with Gasteiger partial charge in [0.2, 0.25) is 0 Å². The molecular weight excluding hydrogens is 234 g/mol. The van der Waals surface area contributed by atoms with Gasteiger partial charge in [-0.05, 0) is 18.9 Å². The van der Waals surface area contributed by atoms with Gasteiger partial charge in [0.25, 0.3) is 0 Å². The van der Waals surface area contributed by atoms with Crippen LogP contribution in [0.5, 0.6) is 0 Å². The van der Waals surface area contributed by atoms with Gasteiger partial charge in [0, 0.05) is 35.5 Å². The second-order valence-corrected chi connectivity index (χ2v) is 5.26. The molecule has 2 rings (SSSR count). The number of rotatable bonds is 2. The molecule has 1 saturated heterocycles. The van der Waals surface area contributed by atoms with Gasteiger partial charge in [-0.15, -0.1) is 11.3 Å². The van der Waals surface area contributed by atoms with E-state index in [4.69, 9.17) is 5.11 Å². The summed E-state index contributed by atoms with van der Waals surface area (Å²) in [5.41, 5.74) is 0.982. The molecule has 1 aliphatic rings. The highest BCUT2D eigenvalue weighted by Gasteiger charge is 2.17.